The van der Waals surface area contributed by atoms with Gasteiger partial charge in [-0.05, 0) is 37.1 Å². The van der Waals surface area contributed by atoms with E-state index in [1.807, 2.05) is 36.4 Å². The Morgan fingerprint density at radius 3 is 2.56 bits per heavy atom. The number of nitrogens with zero attached hydrogens (tertiary/aromatic N) is 3. The van der Waals surface area contributed by atoms with Crippen molar-refractivity contribution in [2.24, 2.45) is 0 Å². The number of carbonyl (C=O) groups is 1. The molecule has 0 spiro atoms. The van der Waals surface area contributed by atoms with Crippen molar-refractivity contribution in [2.45, 2.75) is 12.8 Å². The number of para-hydroxylation sites is 1. The van der Waals surface area contributed by atoms with E-state index < -0.39 is 5.97 Å². The molecule has 4 aromatic rings. The summed E-state index contributed by atoms with van der Waals surface area (Å²) in [5.41, 5.74) is 3.24. The van der Waals surface area contributed by atoms with Crippen molar-refractivity contribution in [1.82, 2.24) is 4.40 Å². The molecule has 1 saturated heterocycles. The number of aromatic carboxylic acids is 1. The van der Waals surface area contributed by atoms with Gasteiger partial charge in [0.2, 0.25) is 0 Å². The molecule has 5 nitrogen and oxygen atoms in total. The molecule has 5 heteroatoms. The Morgan fingerprint density at radius 2 is 1.76 bits per heavy atom. The van der Waals surface area contributed by atoms with Gasteiger partial charge in [-0.2, -0.15) is 4.40 Å². The van der Waals surface area contributed by atoms with Crippen LogP contribution in [0.25, 0.3) is 21.9 Å². The van der Waals surface area contributed by atoms with Gasteiger partial charge in [-0.25, -0.2) is 9.20 Å². The predicted molar refractivity (Wildman–Crippen MR) is 96.5 cm³/mol. The summed E-state index contributed by atoms with van der Waals surface area (Å²) >= 11 is 0. The first kappa shape index (κ1) is 14.3. The van der Waals surface area contributed by atoms with E-state index in [0.29, 0.717) is 5.56 Å². The number of fused-ring (bicyclic) bond motifs is 5. The lowest BCUT2D eigenvalue weighted by Gasteiger charge is -2.11. The van der Waals surface area contributed by atoms with Crippen LogP contribution in [0.2, 0.25) is 0 Å². The van der Waals surface area contributed by atoms with Gasteiger partial charge >= 0.3 is 11.9 Å². The van der Waals surface area contributed by atoms with Gasteiger partial charge in [-0.3, -0.25) is 4.90 Å². The largest absolute Gasteiger partial charge is 0.478 e. The van der Waals surface area contributed by atoms with Crippen molar-refractivity contribution in [2.75, 3.05) is 18.0 Å². The van der Waals surface area contributed by atoms with Gasteiger partial charge in [-0.15, -0.1) is 0 Å². The molecule has 0 unspecified atom stereocenters. The van der Waals surface area contributed by atoms with E-state index in [0.717, 1.165) is 41.0 Å². The molecule has 0 atom stereocenters. The third-order valence-electron chi connectivity index (χ3n) is 5.11. The van der Waals surface area contributed by atoms with E-state index in [4.69, 9.17) is 0 Å². The average molecular weight is 332 g/mol. The molecule has 1 aromatic carbocycles. The number of benzene rings is 1. The highest BCUT2D eigenvalue weighted by molar-refractivity contribution is 6.06. The Morgan fingerprint density at radius 1 is 1.00 bits per heavy atom. The second-order valence-electron chi connectivity index (χ2n) is 6.55. The Labute approximate surface area is 144 Å². The van der Waals surface area contributed by atoms with Crippen LogP contribution < -0.4 is 9.30 Å². The Kier molecular flexibility index (Phi) is 2.98. The standard InChI is InChI=1S/C20H17N3O2/c24-19(25)15-13-18-17-9-3-4-12-22(17)20(21-10-5-6-11-21)23(18)16-8-2-1-7-14(15)16/h1-4,7-9,12-13H,5-6,10-11H2/p+1. The lowest BCUT2D eigenvalue weighted by molar-refractivity contribution is -0.497. The Balaban J connectivity index is 2.04. The number of carboxylic acids is 1. The van der Waals surface area contributed by atoms with Crippen molar-refractivity contribution in [3.8, 4) is 0 Å². The molecular formula is C20H18N3O2+. The smallest absolute Gasteiger partial charge is 0.370 e. The van der Waals surface area contributed by atoms with Crippen molar-refractivity contribution in [1.29, 1.82) is 0 Å². The Bertz CT molecular complexity index is 1140. The van der Waals surface area contributed by atoms with E-state index in [-0.39, 0.29) is 0 Å². The third kappa shape index (κ3) is 1.95. The summed E-state index contributed by atoms with van der Waals surface area (Å²) in [4.78, 5) is 14.2. The highest BCUT2D eigenvalue weighted by atomic mass is 16.4. The second kappa shape index (κ2) is 5.21. The fourth-order valence-electron chi connectivity index (χ4n) is 4.03. The molecule has 1 aliphatic heterocycles. The fraction of sp³-hybridized carbons (Fsp3) is 0.200. The number of rotatable bonds is 2. The molecule has 25 heavy (non-hydrogen) atoms. The third-order valence-corrected chi connectivity index (χ3v) is 5.11. The van der Waals surface area contributed by atoms with Crippen LogP contribution in [0.5, 0.6) is 0 Å². The maximum absolute atomic E-state index is 11.8. The second-order valence-corrected chi connectivity index (χ2v) is 6.55. The molecule has 0 aliphatic carbocycles. The van der Waals surface area contributed by atoms with E-state index in [2.05, 4.69) is 26.0 Å². The number of hydrogen-bond donors (Lipinski definition) is 1. The minimum atomic E-state index is -0.892. The number of imidazole rings is 1. The van der Waals surface area contributed by atoms with Gasteiger partial charge in [-0.1, -0.05) is 24.3 Å². The maximum Gasteiger partial charge on any atom is 0.370 e. The van der Waals surface area contributed by atoms with Gasteiger partial charge in [0.1, 0.15) is 16.6 Å². The van der Waals surface area contributed by atoms with Crippen molar-refractivity contribution >= 4 is 33.9 Å². The molecule has 1 fully saturated rings. The molecule has 1 aliphatic rings. The predicted octanol–water partition coefficient (Wildman–Crippen LogP) is 3.13. The number of carboxylic acid groups (broad SMARTS) is 1. The summed E-state index contributed by atoms with van der Waals surface area (Å²) in [5.74, 6) is 0.216. The van der Waals surface area contributed by atoms with Crippen LogP contribution >= 0.6 is 0 Å². The zero-order valence-electron chi connectivity index (χ0n) is 13.7. The van der Waals surface area contributed by atoms with Crippen LogP contribution in [0, 0.1) is 0 Å². The Hall–Kier alpha value is -3.08. The van der Waals surface area contributed by atoms with Gasteiger partial charge in [0.15, 0.2) is 0 Å². The number of hydrogen-bond acceptors (Lipinski definition) is 2. The van der Waals surface area contributed by atoms with E-state index in [9.17, 15) is 9.90 Å². The summed E-state index contributed by atoms with van der Waals surface area (Å²) in [6, 6.07) is 15.6. The zero-order chi connectivity index (χ0) is 17.0. The van der Waals surface area contributed by atoms with Gasteiger partial charge in [0, 0.05) is 5.39 Å². The fourth-order valence-corrected chi connectivity index (χ4v) is 4.03. The summed E-state index contributed by atoms with van der Waals surface area (Å²) in [6.07, 6.45) is 4.44. The maximum atomic E-state index is 11.8. The molecule has 0 saturated carbocycles. The molecule has 3 aromatic heterocycles. The summed E-state index contributed by atoms with van der Waals surface area (Å²) in [6.45, 7) is 2.05. The summed E-state index contributed by atoms with van der Waals surface area (Å²) in [7, 11) is 0. The molecule has 1 N–H and O–H groups in total. The van der Waals surface area contributed by atoms with Crippen molar-refractivity contribution < 1.29 is 14.3 Å². The summed E-state index contributed by atoms with van der Waals surface area (Å²) < 4.78 is 4.39. The van der Waals surface area contributed by atoms with Crippen molar-refractivity contribution in [3.63, 3.8) is 0 Å². The van der Waals surface area contributed by atoms with Crippen LogP contribution in [-0.4, -0.2) is 28.6 Å². The van der Waals surface area contributed by atoms with Crippen LogP contribution in [0.4, 0.5) is 5.95 Å². The van der Waals surface area contributed by atoms with Crippen LogP contribution in [0.1, 0.15) is 23.2 Å². The number of anilines is 1. The van der Waals surface area contributed by atoms with Crippen LogP contribution in [0.15, 0.2) is 54.7 Å². The van der Waals surface area contributed by atoms with Gasteiger partial charge in [0.05, 0.1) is 24.8 Å². The lowest BCUT2D eigenvalue weighted by Crippen LogP contribution is -2.32. The quantitative estimate of drug-likeness (QED) is 0.574. The first-order chi connectivity index (χ1) is 12.3. The molecule has 124 valence electrons. The molecular weight excluding hydrogens is 314 g/mol. The minimum Gasteiger partial charge on any atom is -0.478 e. The van der Waals surface area contributed by atoms with Crippen molar-refractivity contribution in [3.05, 3.63) is 60.3 Å². The van der Waals surface area contributed by atoms with Crippen LogP contribution in [-0.2, 0) is 0 Å². The van der Waals surface area contributed by atoms with E-state index in [1.165, 1.54) is 12.8 Å². The SMILES string of the molecule is O=C(O)c1cc2c3cccc[n+]3c(N3CCCC3)n2c2ccccc12. The zero-order valence-corrected chi connectivity index (χ0v) is 13.7. The monoisotopic (exact) mass is 332 g/mol. The van der Waals surface area contributed by atoms with E-state index in [1.54, 1.807) is 6.07 Å². The molecule has 0 amide bonds. The lowest BCUT2D eigenvalue weighted by atomic mass is 10.1. The molecule has 0 bridgehead atoms. The minimum absolute atomic E-state index is 0.347. The highest BCUT2D eigenvalue weighted by Gasteiger charge is 2.30. The number of pyridine rings is 2. The first-order valence-electron chi connectivity index (χ1n) is 8.60. The average Bonchev–Trinajstić information content (AvgIpc) is 3.26. The molecule has 5 rings (SSSR count). The molecule has 0 radical (unpaired) electrons. The van der Waals surface area contributed by atoms with Crippen LogP contribution in [0.3, 0.4) is 0 Å². The highest BCUT2D eigenvalue weighted by Crippen LogP contribution is 2.29. The normalized spacial score (nSPS) is 14.8. The molecule has 4 heterocycles. The van der Waals surface area contributed by atoms with E-state index >= 15 is 0 Å². The van der Waals surface area contributed by atoms with Gasteiger partial charge in [0.25, 0.3) is 0 Å². The first-order valence-corrected chi connectivity index (χ1v) is 8.60. The topological polar surface area (TPSA) is 49.0 Å². The van der Waals surface area contributed by atoms with Gasteiger partial charge < -0.3 is 5.11 Å². The summed E-state index contributed by atoms with van der Waals surface area (Å²) in [5, 5.41) is 10.5. The number of aromatic nitrogens is 2.